The quantitative estimate of drug-likeness (QED) is 0.458. The summed E-state index contributed by atoms with van der Waals surface area (Å²) in [4.78, 5) is 48.1. The third kappa shape index (κ3) is 6.27. The second-order valence-electron chi connectivity index (χ2n) is 8.43. The molecular formula is C22H29FN10O3. The van der Waals surface area contributed by atoms with Gasteiger partial charge in [-0.2, -0.15) is 4.98 Å². The predicted molar refractivity (Wildman–Crippen MR) is 131 cm³/mol. The first-order valence-corrected chi connectivity index (χ1v) is 11.6. The second-order valence-corrected chi connectivity index (χ2v) is 8.43. The minimum Gasteiger partial charge on any atom is -0.368 e. The number of halogens is 1. The van der Waals surface area contributed by atoms with Gasteiger partial charge in [-0.25, -0.2) is 24.0 Å². The third-order valence-corrected chi connectivity index (χ3v) is 6.01. The number of nitrogens with zero attached hydrogens (tertiary/aromatic N) is 6. The van der Waals surface area contributed by atoms with Crippen molar-refractivity contribution in [1.29, 1.82) is 0 Å². The average molecular weight is 501 g/mol. The molecule has 5 amide bonds. The van der Waals surface area contributed by atoms with E-state index in [4.69, 9.17) is 5.73 Å². The number of carbonyl (C=O) groups is 3. The molecule has 2 saturated heterocycles. The molecule has 5 N–H and O–H groups in total. The number of rotatable bonds is 5. The SMILES string of the molecule is CC(=O)N1CCN(c2ccc(Nc3ncc(F)c(N4CCN(NC(=O)NC(N)=O)CC4)n3)cc2)CC1. The number of aromatic nitrogens is 2. The van der Waals surface area contributed by atoms with Gasteiger partial charge in [0.2, 0.25) is 11.9 Å². The lowest BCUT2D eigenvalue weighted by atomic mass is 10.2. The van der Waals surface area contributed by atoms with Gasteiger partial charge in [-0.15, -0.1) is 0 Å². The first-order valence-electron chi connectivity index (χ1n) is 11.6. The van der Waals surface area contributed by atoms with Crippen LogP contribution in [0.25, 0.3) is 0 Å². The maximum atomic E-state index is 14.5. The molecule has 14 heteroatoms. The highest BCUT2D eigenvalue weighted by molar-refractivity contribution is 5.92. The van der Waals surface area contributed by atoms with Crippen molar-refractivity contribution in [3.05, 3.63) is 36.3 Å². The van der Waals surface area contributed by atoms with E-state index in [-0.39, 0.29) is 17.7 Å². The molecule has 36 heavy (non-hydrogen) atoms. The van der Waals surface area contributed by atoms with Gasteiger partial charge >= 0.3 is 12.1 Å². The number of nitrogens with two attached hydrogens (primary N) is 1. The number of imide groups is 1. The van der Waals surface area contributed by atoms with Gasteiger partial charge in [-0.05, 0) is 24.3 Å². The number of amides is 5. The van der Waals surface area contributed by atoms with Crippen LogP contribution in [0.5, 0.6) is 0 Å². The summed E-state index contributed by atoms with van der Waals surface area (Å²) in [5.41, 5.74) is 9.25. The van der Waals surface area contributed by atoms with Crippen LogP contribution in [-0.4, -0.2) is 90.2 Å². The Hall–Kier alpha value is -4.20. The maximum Gasteiger partial charge on any atom is 0.337 e. The molecule has 0 unspecified atom stereocenters. The van der Waals surface area contributed by atoms with Gasteiger partial charge in [0, 0.05) is 70.7 Å². The van der Waals surface area contributed by atoms with Crippen LogP contribution in [0.3, 0.4) is 0 Å². The zero-order valence-corrected chi connectivity index (χ0v) is 19.9. The molecule has 0 saturated carbocycles. The summed E-state index contributed by atoms with van der Waals surface area (Å²) >= 11 is 0. The zero-order chi connectivity index (χ0) is 25.7. The highest BCUT2D eigenvalue weighted by atomic mass is 19.1. The van der Waals surface area contributed by atoms with E-state index < -0.39 is 17.9 Å². The van der Waals surface area contributed by atoms with E-state index in [1.807, 2.05) is 34.5 Å². The molecule has 0 spiro atoms. The second kappa shape index (κ2) is 11.0. The largest absolute Gasteiger partial charge is 0.368 e. The van der Waals surface area contributed by atoms with Crippen molar-refractivity contribution in [2.24, 2.45) is 5.73 Å². The fraction of sp³-hybridized carbons (Fsp3) is 0.409. The van der Waals surface area contributed by atoms with Crippen LogP contribution >= 0.6 is 0 Å². The third-order valence-electron chi connectivity index (χ3n) is 6.01. The molecule has 0 aliphatic carbocycles. The summed E-state index contributed by atoms with van der Waals surface area (Å²) in [7, 11) is 0. The lowest BCUT2D eigenvalue weighted by Crippen LogP contribution is -2.57. The Morgan fingerprint density at radius 2 is 1.58 bits per heavy atom. The summed E-state index contributed by atoms with van der Waals surface area (Å²) in [5.74, 6) is -0.0307. The molecule has 13 nitrogen and oxygen atoms in total. The van der Waals surface area contributed by atoms with E-state index in [0.717, 1.165) is 30.7 Å². The van der Waals surface area contributed by atoms with Crippen LogP contribution in [0, 0.1) is 5.82 Å². The highest BCUT2D eigenvalue weighted by Crippen LogP contribution is 2.23. The molecule has 1 aromatic heterocycles. The Balaban J connectivity index is 1.33. The van der Waals surface area contributed by atoms with Gasteiger partial charge in [0.1, 0.15) is 0 Å². The maximum absolute atomic E-state index is 14.5. The monoisotopic (exact) mass is 500 g/mol. The van der Waals surface area contributed by atoms with Crippen molar-refractivity contribution in [2.45, 2.75) is 6.92 Å². The number of carbonyl (C=O) groups excluding carboxylic acids is 3. The molecule has 2 aliphatic rings. The zero-order valence-electron chi connectivity index (χ0n) is 19.9. The van der Waals surface area contributed by atoms with Crippen LogP contribution in [0.4, 0.5) is 37.1 Å². The number of hydrazine groups is 1. The lowest BCUT2D eigenvalue weighted by Gasteiger charge is -2.35. The smallest absolute Gasteiger partial charge is 0.337 e. The number of piperazine rings is 2. The van der Waals surface area contributed by atoms with E-state index in [1.54, 1.807) is 16.8 Å². The predicted octanol–water partition coefficient (Wildman–Crippen LogP) is 0.443. The summed E-state index contributed by atoms with van der Waals surface area (Å²) in [5, 5.41) is 6.64. The van der Waals surface area contributed by atoms with Gasteiger partial charge < -0.3 is 25.8 Å². The number of urea groups is 2. The van der Waals surface area contributed by atoms with E-state index in [0.29, 0.717) is 39.3 Å². The van der Waals surface area contributed by atoms with E-state index >= 15 is 0 Å². The molecule has 2 aliphatic heterocycles. The molecule has 192 valence electrons. The Kier molecular flexibility index (Phi) is 7.63. The number of primary amides is 1. The van der Waals surface area contributed by atoms with Crippen LogP contribution in [-0.2, 0) is 4.79 Å². The minimum absolute atomic E-state index is 0.0963. The highest BCUT2D eigenvalue weighted by Gasteiger charge is 2.23. The van der Waals surface area contributed by atoms with Gasteiger partial charge in [0.15, 0.2) is 11.6 Å². The molecule has 1 aromatic carbocycles. The van der Waals surface area contributed by atoms with Crippen LogP contribution in [0.15, 0.2) is 30.5 Å². The molecule has 0 atom stereocenters. The van der Waals surface area contributed by atoms with Gasteiger partial charge in [-0.1, -0.05) is 0 Å². The number of benzene rings is 1. The molecule has 4 rings (SSSR count). The number of nitrogens with one attached hydrogen (secondary N) is 3. The fourth-order valence-electron chi connectivity index (χ4n) is 4.12. The van der Waals surface area contributed by atoms with Crippen LogP contribution in [0.2, 0.25) is 0 Å². The van der Waals surface area contributed by atoms with E-state index in [1.165, 1.54) is 0 Å². The molecule has 2 aromatic rings. The topological polar surface area (TPSA) is 152 Å². The van der Waals surface area contributed by atoms with E-state index in [9.17, 15) is 18.8 Å². The van der Waals surface area contributed by atoms with E-state index in [2.05, 4.69) is 25.6 Å². The Labute approximate surface area is 207 Å². The summed E-state index contributed by atoms with van der Waals surface area (Å²) in [6, 6.07) is 6.10. The first-order chi connectivity index (χ1) is 17.3. The van der Waals surface area contributed by atoms with Crippen molar-refractivity contribution in [1.82, 2.24) is 30.6 Å². The van der Waals surface area contributed by atoms with Crippen molar-refractivity contribution < 1.29 is 18.8 Å². The summed E-state index contributed by atoms with van der Waals surface area (Å²) in [6.07, 6.45) is 1.12. The molecule has 0 bridgehead atoms. The Bertz CT molecular complexity index is 1100. The number of hydrogen-bond acceptors (Lipinski definition) is 9. The Morgan fingerprint density at radius 3 is 2.19 bits per heavy atom. The van der Waals surface area contributed by atoms with Gasteiger partial charge in [0.05, 0.1) is 6.20 Å². The molecule has 0 radical (unpaired) electrons. The van der Waals surface area contributed by atoms with Gasteiger partial charge in [-0.3, -0.25) is 15.5 Å². The summed E-state index contributed by atoms with van der Waals surface area (Å²) < 4.78 is 14.5. The minimum atomic E-state index is -0.948. The van der Waals surface area contributed by atoms with Crippen molar-refractivity contribution >= 4 is 41.1 Å². The average Bonchev–Trinajstić information content (AvgIpc) is 2.86. The number of hydrogen-bond donors (Lipinski definition) is 4. The Morgan fingerprint density at radius 1 is 0.944 bits per heavy atom. The van der Waals surface area contributed by atoms with Crippen molar-refractivity contribution in [2.75, 3.05) is 67.5 Å². The van der Waals surface area contributed by atoms with Gasteiger partial charge in [0.25, 0.3) is 0 Å². The normalized spacial score (nSPS) is 16.4. The molecule has 3 heterocycles. The lowest BCUT2D eigenvalue weighted by molar-refractivity contribution is -0.129. The first kappa shape index (κ1) is 24.9. The van der Waals surface area contributed by atoms with Crippen molar-refractivity contribution in [3.8, 4) is 0 Å². The molecular weight excluding hydrogens is 471 g/mol. The molecule has 2 fully saturated rings. The standard InChI is InChI=1S/C22H29FN10O3/c1-15(34)30-6-8-31(9-7-30)17-4-2-16(3-5-17)26-21-25-14-18(23)19(27-21)32-10-12-33(13-11-32)29-22(36)28-20(24)35/h2-5,14H,6-13H2,1H3,(H,25,26,27)(H4,24,28,29,35,36). The fourth-order valence-corrected chi connectivity index (χ4v) is 4.12. The summed E-state index contributed by atoms with van der Waals surface area (Å²) in [6.45, 7) is 6.11. The van der Waals surface area contributed by atoms with Crippen molar-refractivity contribution in [3.63, 3.8) is 0 Å². The number of anilines is 4. The van der Waals surface area contributed by atoms with Crippen LogP contribution < -0.4 is 31.6 Å². The van der Waals surface area contributed by atoms with Crippen LogP contribution in [0.1, 0.15) is 6.92 Å².